The fraction of sp³-hybridized carbons (Fsp3) is 0.100. The van der Waals surface area contributed by atoms with Crippen molar-refractivity contribution in [3.05, 3.63) is 65.9 Å². The first-order valence-electron chi connectivity index (χ1n) is 8.93. The van der Waals surface area contributed by atoms with Gasteiger partial charge >= 0.3 is 12.2 Å². The standard InChI is InChI=1S/C20H15F3N6O2/c1-11-8-16(27-18(24)25-11)30-15-7-2-4-12(9-15)17-28-29-19(31-17)26-14-6-3-5-13(10-14)20(21,22)23/h2-10H,1H3,(H,26,29)(H2,24,25,27). The fourth-order valence-corrected chi connectivity index (χ4v) is 2.71. The van der Waals surface area contributed by atoms with E-state index in [1.165, 1.54) is 12.1 Å². The number of rotatable bonds is 5. The van der Waals surface area contributed by atoms with Gasteiger partial charge in [0.15, 0.2) is 0 Å². The number of hydrogen-bond acceptors (Lipinski definition) is 8. The lowest BCUT2D eigenvalue weighted by Gasteiger charge is -2.08. The zero-order valence-corrected chi connectivity index (χ0v) is 16.0. The number of halogens is 3. The van der Waals surface area contributed by atoms with Crippen molar-refractivity contribution < 1.29 is 22.3 Å². The highest BCUT2D eigenvalue weighted by Gasteiger charge is 2.30. The quantitative estimate of drug-likeness (QED) is 0.458. The molecule has 4 aromatic rings. The summed E-state index contributed by atoms with van der Waals surface area (Å²) in [6.07, 6.45) is -4.45. The minimum absolute atomic E-state index is 0.0557. The van der Waals surface area contributed by atoms with Gasteiger partial charge in [0, 0.05) is 23.0 Å². The van der Waals surface area contributed by atoms with E-state index in [4.69, 9.17) is 14.9 Å². The van der Waals surface area contributed by atoms with E-state index < -0.39 is 11.7 Å². The molecule has 0 amide bonds. The maximum absolute atomic E-state index is 12.9. The van der Waals surface area contributed by atoms with Crippen molar-refractivity contribution in [3.8, 4) is 23.1 Å². The van der Waals surface area contributed by atoms with E-state index in [9.17, 15) is 13.2 Å². The lowest BCUT2D eigenvalue weighted by Crippen LogP contribution is -2.05. The van der Waals surface area contributed by atoms with Crippen LogP contribution in [0.2, 0.25) is 0 Å². The molecule has 0 aliphatic heterocycles. The molecule has 0 aliphatic rings. The maximum atomic E-state index is 12.9. The van der Waals surface area contributed by atoms with Gasteiger partial charge in [0.1, 0.15) is 5.75 Å². The van der Waals surface area contributed by atoms with Gasteiger partial charge in [-0.25, -0.2) is 4.98 Å². The Morgan fingerprint density at radius 2 is 1.81 bits per heavy atom. The molecular weight excluding hydrogens is 413 g/mol. The minimum atomic E-state index is -4.45. The van der Waals surface area contributed by atoms with Gasteiger partial charge in [0.2, 0.25) is 17.7 Å². The Labute approximate surface area is 173 Å². The third-order valence-electron chi connectivity index (χ3n) is 4.02. The highest BCUT2D eigenvalue weighted by Crippen LogP contribution is 2.32. The SMILES string of the molecule is Cc1cc(Oc2cccc(-c3nnc(Nc4cccc(C(F)(F)F)c4)o3)c2)nc(N)n1. The number of nitrogens with two attached hydrogens (primary N) is 1. The Morgan fingerprint density at radius 1 is 1.00 bits per heavy atom. The van der Waals surface area contributed by atoms with Gasteiger partial charge < -0.3 is 20.2 Å². The summed E-state index contributed by atoms with van der Waals surface area (Å²) < 4.78 is 49.8. The normalized spacial score (nSPS) is 11.4. The number of benzene rings is 2. The summed E-state index contributed by atoms with van der Waals surface area (Å²) in [5.41, 5.74) is 6.20. The molecule has 0 aliphatic carbocycles. The van der Waals surface area contributed by atoms with E-state index in [1.807, 2.05) is 0 Å². The van der Waals surface area contributed by atoms with Crippen molar-refractivity contribution >= 4 is 17.7 Å². The molecule has 0 bridgehead atoms. The third kappa shape index (κ3) is 4.89. The monoisotopic (exact) mass is 428 g/mol. The smallest absolute Gasteiger partial charge is 0.416 e. The predicted molar refractivity (Wildman–Crippen MR) is 106 cm³/mol. The van der Waals surface area contributed by atoms with E-state index >= 15 is 0 Å². The van der Waals surface area contributed by atoms with E-state index in [2.05, 4.69) is 25.5 Å². The van der Waals surface area contributed by atoms with Crippen LogP contribution < -0.4 is 15.8 Å². The lowest BCUT2D eigenvalue weighted by molar-refractivity contribution is -0.137. The van der Waals surface area contributed by atoms with Gasteiger partial charge in [-0.05, 0) is 43.3 Å². The molecule has 8 nitrogen and oxygen atoms in total. The second kappa shape index (κ2) is 7.94. The zero-order valence-electron chi connectivity index (χ0n) is 16.0. The summed E-state index contributed by atoms with van der Waals surface area (Å²) in [4.78, 5) is 7.99. The van der Waals surface area contributed by atoms with Crippen LogP contribution in [0.15, 0.2) is 59.0 Å². The van der Waals surface area contributed by atoms with E-state index in [0.29, 0.717) is 17.0 Å². The molecule has 0 saturated heterocycles. The van der Waals surface area contributed by atoms with Crippen molar-refractivity contribution in [1.82, 2.24) is 20.2 Å². The summed E-state index contributed by atoms with van der Waals surface area (Å²) in [5.74, 6) is 0.965. The van der Waals surface area contributed by atoms with Crippen molar-refractivity contribution in [2.75, 3.05) is 11.1 Å². The molecule has 0 saturated carbocycles. The lowest BCUT2D eigenvalue weighted by atomic mass is 10.2. The number of nitrogens with zero attached hydrogens (tertiary/aromatic N) is 4. The molecule has 2 heterocycles. The molecule has 0 radical (unpaired) electrons. The zero-order chi connectivity index (χ0) is 22.0. The molecular formula is C20H15F3N6O2. The molecule has 11 heteroatoms. The summed E-state index contributed by atoms with van der Waals surface area (Å²) in [5, 5.41) is 10.4. The van der Waals surface area contributed by atoms with E-state index in [1.54, 1.807) is 37.3 Å². The number of nitrogens with one attached hydrogen (secondary N) is 1. The first-order chi connectivity index (χ1) is 14.8. The van der Waals surface area contributed by atoms with Crippen LogP contribution in [0.3, 0.4) is 0 Å². The molecule has 3 N–H and O–H groups in total. The van der Waals surface area contributed by atoms with Crippen LogP contribution in [0.1, 0.15) is 11.3 Å². The highest BCUT2D eigenvalue weighted by atomic mass is 19.4. The number of anilines is 3. The van der Waals surface area contributed by atoms with Gasteiger partial charge in [-0.1, -0.05) is 17.2 Å². The first-order valence-corrected chi connectivity index (χ1v) is 8.93. The summed E-state index contributed by atoms with van der Waals surface area (Å²) in [6, 6.07) is 13.0. The van der Waals surface area contributed by atoms with Crippen molar-refractivity contribution in [1.29, 1.82) is 0 Å². The van der Waals surface area contributed by atoms with Gasteiger partial charge in [0.25, 0.3) is 0 Å². The molecule has 4 rings (SSSR count). The molecule has 0 fully saturated rings. The van der Waals surface area contributed by atoms with Gasteiger partial charge in [-0.3, -0.25) is 0 Å². The van der Waals surface area contributed by atoms with Crippen molar-refractivity contribution in [3.63, 3.8) is 0 Å². The second-order valence-corrected chi connectivity index (χ2v) is 6.45. The molecule has 2 aromatic carbocycles. The number of ether oxygens (including phenoxy) is 1. The summed E-state index contributed by atoms with van der Waals surface area (Å²) in [6.45, 7) is 1.76. The molecule has 2 aromatic heterocycles. The number of aryl methyl sites for hydroxylation is 1. The van der Waals surface area contributed by atoms with Gasteiger partial charge in [-0.2, -0.15) is 18.2 Å². The van der Waals surface area contributed by atoms with Crippen molar-refractivity contribution in [2.24, 2.45) is 0 Å². The summed E-state index contributed by atoms with van der Waals surface area (Å²) in [7, 11) is 0. The van der Waals surface area contributed by atoms with Crippen molar-refractivity contribution in [2.45, 2.75) is 13.1 Å². The third-order valence-corrected chi connectivity index (χ3v) is 4.02. The molecule has 0 atom stereocenters. The van der Waals surface area contributed by atoms with E-state index in [-0.39, 0.29) is 29.4 Å². The largest absolute Gasteiger partial charge is 0.439 e. The fourth-order valence-electron chi connectivity index (χ4n) is 2.71. The Hall–Kier alpha value is -4.15. The Bertz CT molecular complexity index is 1210. The Morgan fingerprint density at radius 3 is 2.58 bits per heavy atom. The highest BCUT2D eigenvalue weighted by molar-refractivity contribution is 5.59. The first kappa shape index (κ1) is 20.1. The number of hydrogen-bond donors (Lipinski definition) is 2. The van der Waals surface area contributed by atoms with Gasteiger partial charge in [-0.15, -0.1) is 5.10 Å². The van der Waals surface area contributed by atoms with Crippen LogP contribution in [0, 0.1) is 6.92 Å². The van der Waals surface area contributed by atoms with Crippen LogP contribution in [0.25, 0.3) is 11.5 Å². The molecule has 31 heavy (non-hydrogen) atoms. The average molecular weight is 428 g/mol. The van der Waals surface area contributed by atoms with Crippen LogP contribution in [-0.2, 0) is 6.18 Å². The average Bonchev–Trinajstić information content (AvgIpc) is 3.15. The van der Waals surface area contributed by atoms with E-state index in [0.717, 1.165) is 12.1 Å². The van der Waals surface area contributed by atoms with Crippen LogP contribution >= 0.6 is 0 Å². The predicted octanol–water partition coefficient (Wildman–Crippen LogP) is 4.97. The second-order valence-electron chi connectivity index (χ2n) is 6.45. The number of alkyl halides is 3. The van der Waals surface area contributed by atoms with Crippen LogP contribution in [-0.4, -0.2) is 20.2 Å². The maximum Gasteiger partial charge on any atom is 0.416 e. The van der Waals surface area contributed by atoms with Crippen LogP contribution in [0.4, 0.5) is 30.8 Å². The topological polar surface area (TPSA) is 112 Å². The Kier molecular flexibility index (Phi) is 5.15. The van der Waals surface area contributed by atoms with Gasteiger partial charge in [0.05, 0.1) is 5.56 Å². The Balaban J connectivity index is 1.52. The number of aromatic nitrogens is 4. The number of nitrogen functional groups attached to an aromatic ring is 1. The molecule has 0 spiro atoms. The minimum Gasteiger partial charge on any atom is -0.439 e. The molecule has 158 valence electrons. The van der Waals surface area contributed by atoms with Crippen LogP contribution in [0.5, 0.6) is 11.6 Å². The molecule has 0 unspecified atom stereocenters. The summed E-state index contributed by atoms with van der Waals surface area (Å²) >= 11 is 0.